The Bertz CT molecular complexity index is 2120. The van der Waals surface area contributed by atoms with E-state index in [2.05, 4.69) is 65.8 Å². The van der Waals surface area contributed by atoms with Crippen molar-refractivity contribution in [3.63, 3.8) is 0 Å². The lowest BCUT2D eigenvalue weighted by Gasteiger charge is -2.35. The summed E-state index contributed by atoms with van der Waals surface area (Å²) in [5.74, 6) is 0. The van der Waals surface area contributed by atoms with Gasteiger partial charge in [-0.05, 0) is 79.7 Å². The molecule has 7 rings (SSSR count). The molecule has 0 saturated carbocycles. The van der Waals surface area contributed by atoms with Crippen LogP contribution < -0.4 is 10.2 Å². The highest BCUT2D eigenvalue weighted by atomic mass is 35.5. The lowest BCUT2D eigenvalue weighted by molar-refractivity contribution is 0.0901. The van der Waals surface area contributed by atoms with Gasteiger partial charge in [-0.2, -0.15) is 0 Å². The molecule has 236 valence electrons. The number of aliphatic hydroxyl groups is 1. The van der Waals surface area contributed by atoms with E-state index in [1.807, 2.05) is 42.5 Å². The molecule has 2 aliphatic rings. The van der Waals surface area contributed by atoms with Crippen LogP contribution in [0.15, 0.2) is 95.1 Å². The van der Waals surface area contributed by atoms with Gasteiger partial charge < -0.3 is 14.6 Å². The second-order valence-electron chi connectivity index (χ2n) is 12.6. The molecule has 1 aliphatic carbocycles. The molecule has 0 amide bonds. The van der Waals surface area contributed by atoms with E-state index in [0.717, 1.165) is 107 Å². The van der Waals surface area contributed by atoms with Crippen LogP contribution in [0.25, 0.3) is 38.5 Å². The normalized spacial score (nSPS) is 19.8. The van der Waals surface area contributed by atoms with Gasteiger partial charge in [0, 0.05) is 77.2 Å². The van der Waals surface area contributed by atoms with Gasteiger partial charge in [0.1, 0.15) is 0 Å². The Balaban J connectivity index is 1.30. The Kier molecular flexibility index (Phi) is 8.71. The summed E-state index contributed by atoms with van der Waals surface area (Å²) in [6.45, 7) is 6.09. The standard InChI is InChI=1S/C40H39Cl3N2O/c1-3-5-24-44-34(30-14-8-12-28-32(41)17-20-35(44)37(28)30)19-16-26-10-7-11-27(39(26)43)22-23-40(46)31-15-9-13-29-33(42)18-21-36(38(29)31)45(40)25-6-4-2/h8-9,12-23,46H,3-7,10-11,24-25H2,1-2H3/b23-22+,26-16-,34-19+. The Morgan fingerprint density at radius 1 is 0.783 bits per heavy atom. The van der Waals surface area contributed by atoms with E-state index in [0.29, 0.717) is 5.02 Å². The quantitative estimate of drug-likeness (QED) is 0.169. The lowest BCUT2D eigenvalue weighted by atomic mass is 9.92. The highest BCUT2D eigenvalue weighted by Crippen LogP contribution is 2.49. The molecule has 0 saturated heterocycles. The van der Waals surface area contributed by atoms with Gasteiger partial charge in [0.15, 0.2) is 5.72 Å². The molecule has 1 N–H and O–H groups in total. The number of aromatic nitrogens is 1. The van der Waals surface area contributed by atoms with Crippen LogP contribution in [0.2, 0.25) is 10.0 Å². The Labute approximate surface area is 286 Å². The molecule has 0 spiro atoms. The first-order chi connectivity index (χ1) is 22.4. The Morgan fingerprint density at radius 2 is 1.48 bits per heavy atom. The number of hydrogen-bond donors (Lipinski definition) is 1. The van der Waals surface area contributed by atoms with Crippen molar-refractivity contribution in [2.75, 3.05) is 11.4 Å². The molecule has 5 aromatic rings. The molecular formula is C40H39Cl3N2O. The third kappa shape index (κ3) is 5.17. The van der Waals surface area contributed by atoms with E-state index in [-0.39, 0.29) is 0 Å². The first-order valence-corrected chi connectivity index (χ1v) is 17.7. The predicted molar refractivity (Wildman–Crippen MR) is 198 cm³/mol. The molecule has 1 atom stereocenters. The second kappa shape index (κ2) is 12.8. The highest BCUT2D eigenvalue weighted by molar-refractivity contribution is 6.37. The van der Waals surface area contributed by atoms with Crippen LogP contribution in [-0.2, 0) is 12.3 Å². The average Bonchev–Trinajstić information content (AvgIpc) is 3.50. The fraction of sp³-hybridized carbons (Fsp3) is 0.300. The first-order valence-electron chi connectivity index (χ1n) is 16.6. The van der Waals surface area contributed by atoms with Crippen LogP contribution in [0.1, 0.15) is 64.4 Å². The zero-order valence-corrected chi connectivity index (χ0v) is 28.7. The minimum absolute atomic E-state index is 0.698. The Morgan fingerprint density at radius 3 is 2.26 bits per heavy atom. The molecule has 2 heterocycles. The SMILES string of the molecule is CCCCN1c2ccc(Cl)c3cccc(c23)C1(O)/C=C/C1=C(Cl)C(=C\C=c2/c3cccc4c(Cl)ccc(c43)n2CCCC)/CCC1. The topological polar surface area (TPSA) is 28.4 Å². The summed E-state index contributed by atoms with van der Waals surface area (Å²) in [4.78, 5) is 2.12. The van der Waals surface area contributed by atoms with Gasteiger partial charge in [0.2, 0.25) is 0 Å². The molecule has 46 heavy (non-hydrogen) atoms. The molecule has 0 radical (unpaired) electrons. The number of benzene rings is 4. The van der Waals surface area contributed by atoms with Crippen molar-refractivity contribution >= 4 is 79.0 Å². The zero-order valence-electron chi connectivity index (χ0n) is 26.4. The van der Waals surface area contributed by atoms with Gasteiger partial charge in [-0.3, -0.25) is 0 Å². The molecule has 1 aliphatic heterocycles. The van der Waals surface area contributed by atoms with Crippen molar-refractivity contribution in [2.45, 2.75) is 71.1 Å². The maximum absolute atomic E-state index is 12.4. The summed E-state index contributed by atoms with van der Waals surface area (Å²) < 4.78 is 2.43. The molecular weight excluding hydrogens is 631 g/mol. The summed E-state index contributed by atoms with van der Waals surface area (Å²) >= 11 is 20.4. The van der Waals surface area contributed by atoms with E-state index >= 15 is 0 Å². The fourth-order valence-electron chi connectivity index (χ4n) is 7.41. The molecule has 0 bridgehead atoms. The second-order valence-corrected chi connectivity index (χ2v) is 13.8. The third-order valence-electron chi connectivity index (χ3n) is 9.77. The van der Waals surface area contributed by atoms with Crippen molar-refractivity contribution < 1.29 is 5.11 Å². The van der Waals surface area contributed by atoms with Crippen molar-refractivity contribution in [2.24, 2.45) is 0 Å². The number of aryl methyl sites for hydroxylation is 1. The minimum Gasteiger partial charge on any atom is -0.363 e. The van der Waals surface area contributed by atoms with Crippen LogP contribution in [-0.4, -0.2) is 16.2 Å². The van der Waals surface area contributed by atoms with Gasteiger partial charge in [0.05, 0.1) is 0 Å². The number of anilines is 1. The number of nitrogens with zero attached hydrogens (tertiary/aromatic N) is 2. The van der Waals surface area contributed by atoms with Crippen LogP contribution in [0.5, 0.6) is 0 Å². The maximum Gasteiger partial charge on any atom is 0.185 e. The van der Waals surface area contributed by atoms with Crippen molar-refractivity contribution in [1.82, 2.24) is 4.57 Å². The molecule has 1 unspecified atom stereocenters. The van der Waals surface area contributed by atoms with E-state index in [1.54, 1.807) is 0 Å². The predicted octanol–water partition coefficient (Wildman–Crippen LogP) is 11.2. The summed E-state index contributed by atoms with van der Waals surface area (Å²) in [5, 5.41) is 21.4. The lowest BCUT2D eigenvalue weighted by Crippen LogP contribution is -2.42. The summed E-state index contributed by atoms with van der Waals surface area (Å²) in [7, 11) is 0. The van der Waals surface area contributed by atoms with Gasteiger partial charge in [-0.1, -0.05) is 110 Å². The largest absolute Gasteiger partial charge is 0.363 e. The Hall–Kier alpha value is -3.21. The number of unbranched alkanes of at least 4 members (excludes halogenated alkanes) is 2. The molecule has 3 nitrogen and oxygen atoms in total. The van der Waals surface area contributed by atoms with Crippen LogP contribution in [0.3, 0.4) is 0 Å². The van der Waals surface area contributed by atoms with Gasteiger partial charge in [0.25, 0.3) is 0 Å². The third-order valence-corrected chi connectivity index (χ3v) is 10.9. The maximum atomic E-state index is 12.4. The molecule has 4 aromatic carbocycles. The monoisotopic (exact) mass is 668 g/mol. The molecule has 0 fully saturated rings. The van der Waals surface area contributed by atoms with Crippen LogP contribution >= 0.6 is 34.8 Å². The number of allylic oxidation sites excluding steroid dienone is 5. The van der Waals surface area contributed by atoms with Crippen LogP contribution in [0.4, 0.5) is 5.69 Å². The van der Waals surface area contributed by atoms with Crippen molar-refractivity contribution in [3.05, 3.63) is 116 Å². The van der Waals surface area contributed by atoms with E-state index in [1.165, 1.54) is 21.6 Å². The van der Waals surface area contributed by atoms with Gasteiger partial charge in [-0.15, -0.1) is 0 Å². The molecule has 6 heteroatoms. The first kappa shape index (κ1) is 31.4. The highest BCUT2D eigenvalue weighted by Gasteiger charge is 2.42. The van der Waals surface area contributed by atoms with Gasteiger partial charge in [-0.25, -0.2) is 0 Å². The van der Waals surface area contributed by atoms with Crippen LogP contribution in [0, 0.1) is 0 Å². The zero-order chi connectivity index (χ0) is 32.0. The van der Waals surface area contributed by atoms with E-state index < -0.39 is 5.72 Å². The van der Waals surface area contributed by atoms with Crippen molar-refractivity contribution in [3.8, 4) is 0 Å². The van der Waals surface area contributed by atoms with Crippen molar-refractivity contribution in [1.29, 1.82) is 0 Å². The smallest absolute Gasteiger partial charge is 0.185 e. The fourth-order valence-corrected chi connectivity index (χ4v) is 8.16. The van der Waals surface area contributed by atoms with Gasteiger partial charge >= 0.3 is 0 Å². The summed E-state index contributed by atoms with van der Waals surface area (Å²) in [5.41, 5.74) is 3.99. The summed E-state index contributed by atoms with van der Waals surface area (Å²) in [6, 6.07) is 20.6. The summed E-state index contributed by atoms with van der Waals surface area (Å²) in [6.07, 6.45) is 15.4. The van der Waals surface area contributed by atoms with E-state index in [9.17, 15) is 5.11 Å². The minimum atomic E-state index is -1.29. The molecule has 1 aromatic heterocycles. The average molecular weight is 670 g/mol. The number of hydrogen-bond acceptors (Lipinski definition) is 2. The van der Waals surface area contributed by atoms with E-state index in [4.69, 9.17) is 34.8 Å². The number of rotatable bonds is 9. The number of halogens is 3.